The Morgan fingerprint density at radius 3 is 2.86 bits per heavy atom. The summed E-state index contributed by atoms with van der Waals surface area (Å²) >= 11 is 1.17. The van der Waals surface area contributed by atoms with Crippen molar-refractivity contribution in [3.05, 3.63) is 46.9 Å². The van der Waals surface area contributed by atoms with Crippen LogP contribution in [0.15, 0.2) is 46.5 Å². The molecule has 3 aromatic rings. The number of carbonyl (C=O) groups excluding carboxylic acids is 1. The van der Waals surface area contributed by atoms with Crippen molar-refractivity contribution in [1.29, 1.82) is 5.26 Å². The maximum Gasteiger partial charge on any atom is 0.283 e. The van der Waals surface area contributed by atoms with Crippen LogP contribution in [-0.4, -0.2) is 39.3 Å². The number of benzene rings is 1. The average molecular weight is 397 g/mol. The van der Waals surface area contributed by atoms with Gasteiger partial charge in [-0.2, -0.15) is 5.26 Å². The number of H-pyrrole nitrogens is 1. The van der Waals surface area contributed by atoms with Crippen molar-refractivity contribution in [3.8, 4) is 17.5 Å². The van der Waals surface area contributed by atoms with Gasteiger partial charge in [0.1, 0.15) is 11.3 Å². The zero-order valence-corrected chi connectivity index (χ0v) is 16.1. The van der Waals surface area contributed by atoms with Crippen molar-refractivity contribution in [2.45, 2.75) is 18.5 Å². The van der Waals surface area contributed by atoms with E-state index in [-0.39, 0.29) is 23.6 Å². The summed E-state index contributed by atoms with van der Waals surface area (Å²) in [7, 11) is 0. The molecule has 0 aliphatic rings. The van der Waals surface area contributed by atoms with E-state index in [0.29, 0.717) is 40.8 Å². The molecule has 0 fully saturated rings. The van der Waals surface area contributed by atoms with E-state index in [4.69, 9.17) is 10.00 Å². The van der Waals surface area contributed by atoms with Crippen molar-refractivity contribution < 1.29 is 9.53 Å². The van der Waals surface area contributed by atoms with Gasteiger partial charge in [0.15, 0.2) is 5.16 Å². The topological polar surface area (TPSA) is 113 Å². The first-order valence-electron chi connectivity index (χ1n) is 8.74. The van der Waals surface area contributed by atoms with Gasteiger partial charge in [-0.3, -0.25) is 14.2 Å². The highest BCUT2D eigenvalue weighted by atomic mass is 32.2. The molecule has 28 heavy (non-hydrogen) atoms. The second-order valence-electron chi connectivity index (χ2n) is 5.75. The van der Waals surface area contributed by atoms with Gasteiger partial charge in [0.05, 0.1) is 36.1 Å². The smallest absolute Gasteiger partial charge is 0.283 e. The highest BCUT2D eigenvalue weighted by molar-refractivity contribution is 7.99. The Morgan fingerprint density at radius 1 is 1.36 bits per heavy atom. The number of hydrogen-bond acceptors (Lipinski definition) is 6. The molecule has 144 valence electrons. The highest BCUT2D eigenvalue weighted by Gasteiger charge is 2.15. The molecule has 0 saturated heterocycles. The van der Waals surface area contributed by atoms with Crippen molar-refractivity contribution in [1.82, 2.24) is 19.9 Å². The van der Waals surface area contributed by atoms with Crippen LogP contribution in [0, 0.1) is 11.3 Å². The summed E-state index contributed by atoms with van der Waals surface area (Å²) in [4.78, 5) is 32.4. The van der Waals surface area contributed by atoms with Crippen molar-refractivity contribution in [2.24, 2.45) is 0 Å². The minimum Gasteiger partial charge on any atom is -0.494 e. The van der Waals surface area contributed by atoms with Gasteiger partial charge in [0.25, 0.3) is 5.56 Å². The third kappa shape index (κ3) is 4.35. The van der Waals surface area contributed by atoms with Crippen molar-refractivity contribution in [3.63, 3.8) is 0 Å². The van der Waals surface area contributed by atoms with E-state index < -0.39 is 0 Å². The molecule has 3 rings (SSSR count). The standard InChI is InChI=1S/C19H19N5O3S/c1-2-27-14-6-4-13(5-7-14)24-18(26)17-15(8-11-22-17)23-19(24)28-12-16(25)21-10-3-9-20/h4-8,11,22H,2-3,10,12H2,1H3,(H,21,25). The van der Waals surface area contributed by atoms with Crippen LogP contribution >= 0.6 is 11.8 Å². The Balaban J connectivity index is 1.92. The molecule has 8 nitrogen and oxygen atoms in total. The number of fused-ring (bicyclic) bond motifs is 1. The lowest BCUT2D eigenvalue weighted by Gasteiger charge is -2.12. The second kappa shape index (κ2) is 9.10. The third-order valence-electron chi connectivity index (χ3n) is 3.85. The lowest BCUT2D eigenvalue weighted by atomic mass is 10.3. The molecule has 0 bridgehead atoms. The molecule has 0 unspecified atom stereocenters. The summed E-state index contributed by atoms with van der Waals surface area (Å²) in [6, 6.07) is 10.8. The lowest BCUT2D eigenvalue weighted by molar-refractivity contribution is -0.118. The van der Waals surface area contributed by atoms with Gasteiger partial charge in [0.2, 0.25) is 5.91 Å². The number of aromatic amines is 1. The first-order chi connectivity index (χ1) is 13.6. The van der Waals surface area contributed by atoms with Gasteiger partial charge in [-0.1, -0.05) is 11.8 Å². The Bertz CT molecular complexity index is 1070. The maximum atomic E-state index is 13.0. The van der Waals surface area contributed by atoms with Crippen molar-refractivity contribution in [2.75, 3.05) is 18.9 Å². The fourth-order valence-electron chi connectivity index (χ4n) is 2.60. The van der Waals surface area contributed by atoms with Gasteiger partial charge < -0.3 is 15.0 Å². The summed E-state index contributed by atoms with van der Waals surface area (Å²) in [6.45, 7) is 2.75. The summed E-state index contributed by atoms with van der Waals surface area (Å²) < 4.78 is 6.92. The fraction of sp³-hybridized carbons (Fsp3) is 0.263. The predicted molar refractivity (Wildman–Crippen MR) is 107 cm³/mol. The quantitative estimate of drug-likeness (QED) is 0.342. The van der Waals surface area contributed by atoms with Crippen LogP contribution in [0.4, 0.5) is 0 Å². The Labute approximate surface area is 165 Å². The van der Waals surface area contributed by atoms with Crippen LogP contribution in [0.2, 0.25) is 0 Å². The molecule has 0 atom stereocenters. The van der Waals surface area contributed by atoms with Crippen LogP contribution < -0.4 is 15.6 Å². The molecule has 0 spiro atoms. The van der Waals surface area contributed by atoms with E-state index in [0.717, 1.165) is 0 Å². The fourth-order valence-corrected chi connectivity index (χ4v) is 3.44. The van der Waals surface area contributed by atoms with Gasteiger partial charge in [0, 0.05) is 12.7 Å². The number of ether oxygens (including phenoxy) is 1. The molecule has 0 radical (unpaired) electrons. The molecule has 0 saturated carbocycles. The van der Waals surface area contributed by atoms with Gasteiger partial charge in [-0.25, -0.2) is 4.98 Å². The van der Waals surface area contributed by atoms with Gasteiger partial charge in [-0.15, -0.1) is 0 Å². The van der Waals surface area contributed by atoms with Crippen LogP contribution in [0.3, 0.4) is 0 Å². The highest BCUT2D eigenvalue weighted by Crippen LogP contribution is 2.22. The summed E-state index contributed by atoms with van der Waals surface area (Å²) in [5, 5.41) is 11.6. The zero-order chi connectivity index (χ0) is 19.9. The largest absolute Gasteiger partial charge is 0.494 e. The van der Waals surface area contributed by atoms with Gasteiger partial charge >= 0.3 is 0 Å². The second-order valence-corrected chi connectivity index (χ2v) is 6.69. The monoisotopic (exact) mass is 397 g/mol. The number of amides is 1. The molecule has 2 aromatic heterocycles. The molecular formula is C19H19N5O3S. The molecule has 2 N–H and O–H groups in total. The van der Waals surface area contributed by atoms with E-state index in [2.05, 4.69) is 15.3 Å². The Hall–Kier alpha value is -3.25. The number of nitriles is 1. The van der Waals surface area contributed by atoms with Crippen LogP contribution in [0.1, 0.15) is 13.3 Å². The SMILES string of the molecule is CCOc1ccc(-n2c(SCC(=O)NCCC#N)nc3cc[nH]c3c2=O)cc1. The number of nitrogens with one attached hydrogen (secondary N) is 2. The lowest BCUT2D eigenvalue weighted by Crippen LogP contribution is -2.27. The summed E-state index contributed by atoms with van der Waals surface area (Å²) in [5.74, 6) is 0.575. The molecule has 0 aliphatic carbocycles. The number of carbonyl (C=O) groups is 1. The number of thioether (sulfide) groups is 1. The summed E-state index contributed by atoms with van der Waals surface area (Å²) in [6.07, 6.45) is 1.91. The predicted octanol–water partition coefficient (Wildman–Crippen LogP) is 2.23. The Kier molecular flexibility index (Phi) is 6.34. The first kappa shape index (κ1) is 19.5. The number of aromatic nitrogens is 3. The minimum absolute atomic E-state index is 0.0881. The van der Waals surface area contributed by atoms with Crippen LogP contribution in [0.5, 0.6) is 5.75 Å². The normalized spacial score (nSPS) is 10.6. The number of hydrogen-bond donors (Lipinski definition) is 2. The first-order valence-corrected chi connectivity index (χ1v) is 9.72. The molecular weight excluding hydrogens is 378 g/mol. The Morgan fingerprint density at radius 2 is 2.14 bits per heavy atom. The molecule has 9 heteroatoms. The number of nitrogens with zero attached hydrogens (tertiary/aromatic N) is 3. The third-order valence-corrected chi connectivity index (χ3v) is 4.79. The van der Waals surface area contributed by atoms with E-state index in [1.165, 1.54) is 16.3 Å². The molecule has 1 amide bonds. The zero-order valence-electron chi connectivity index (χ0n) is 15.3. The van der Waals surface area contributed by atoms with E-state index in [9.17, 15) is 9.59 Å². The minimum atomic E-state index is -0.244. The van der Waals surface area contributed by atoms with E-state index in [1.807, 2.05) is 13.0 Å². The molecule has 0 aliphatic heterocycles. The summed E-state index contributed by atoms with van der Waals surface area (Å²) in [5.41, 5.74) is 1.33. The van der Waals surface area contributed by atoms with E-state index >= 15 is 0 Å². The average Bonchev–Trinajstić information content (AvgIpc) is 3.17. The van der Waals surface area contributed by atoms with Crippen LogP contribution in [0.25, 0.3) is 16.7 Å². The molecule has 2 heterocycles. The molecule has 1 aromatic carbocycles. The van der Waals surface area contributed by atoms with Gasteiger partial charge in [-0.05, 0) is 37.3 Å². The van der Waals surface area contributed by atoms with Crippen molar-refractivity contribution >= 4 is 28.7 Å². The van der Waals surface area contributed by atoms with Crippen LogP contribution in [-0.2, 0) is 4.79 Å². The maximum absolute atomic E-state index is 13.0. The van der Waals surface area contributed by atoms with E-state index in [1.54, 1.807) is 36.5 Å². The number of rotatable bonds is 8.